The van der Waals surface area contributed by atoms with Gasteiger partial charge >= 0.3 is 0 Å². The van der Waals surface area contributed by atoms with Crippen LogP contribution < -0.4 is 9.62 Å². The second-order valence-corrected chi connectivity index (χ2v) is 12.4. The fourth-order valence-corrected chi connectivity index (χ4v) is 6.96. The molecule has 1 aliphatic heterocycles. The van der Waals surface area contributed by atoms with Crippen LogP contribution in [-0.4, -0.2) is 39.1 Å². The Hall–Kier alpha value is -3.55. The fraction of sp³-hybridized carbons (Fsp3) is 0.185. The van der Waals surface area contributed by atoms with Crippen molar-refractivity contribution in [2.24, 2.45) is 0 Å². The van der Waals surface area contributed by atoms with E-state index in [0.29, 0.717) is 24.3 Å². The van der Waals surface area contributed by atoms with Gasteiger partial charge in [0, 0.05) is 23.8 Å². The molecule has 2 heterocycles. The molecule has 5 rings (SSSR count). The molecule has 208 valence electrons. The SMILES string of the molecule is Cc1noc(C)c1N(c1ccc(Cl)cc1C(=O)Nc1ccc(S(=O)(=O)N2CCc3ccccc3C2)cc1)S(=O)[O-]. The Bertz CT molecular complexity index is 1700. The van der Waals surface area contributed by atoms with E-state index in [1.54, 1.807) is 13.8 Å². The molecule has 1 N–H and O–H groups in total. The van der Waals surface area contributed by atoms with Crippen molar-refractivity contribution < 1.29 is 26.5 Å². The summed E-state index contributed by atoms with van der Waals surface area (Å²) in [4.78, 5) is 13.4. The van der Waals surface area contributed by atoms with Crippen LogP contribution in [0.2, 0.25) is 5.02 Å². The molecule has 3 aromatic carbocycles. The zero-order valence-electron chi connectivity index (χ0n) is 21.5. The summed E-state index contributed by atoms with van der Waals surface area (Å²) in [6, 6.07) is 17.8. The summed E-state index contributed by atoms with van der Waals surface area (Å²) in [5.74, 6) is -0.403. The first-order chi connectivity index (χ1) is 19.1. The first-order valence-electron chi connectivity index (χ1n) is 12.2. The number of carbonyl (C=O) groups is 1. The van der Waals surface area contributed by atoms with E-state index in [1.807, 2.05) is 24.3 Å². The number of aryl methyl sites for hydroxylation is 2. The molecule has 0 bridgehead atoms. The molecule has 1 amide bonds. The summed E-state index contributed by atoms with van der Waals surface area (Å²) in [5, 5.41) is 6.72. The topological polar surface area (TPSA) is 136 Å². The Balaban J connectivity index is 1.39. The van der Waals surface area contributed by atoms with E-state index in [2.05, 4.69) is 10.5 Å². The van der Waals surface area contributed by atoms with Crippen LogP contribution in [0, 0.1) is 13.8 Å². The van der Waals surface area contributed by atoms with Crippen molar-refractivity contribution in [3.05, 3.63) is 99.9 Å². The lowest BCUT2D eigenvalue weighted by Crippen LogP contribution is -2.35. The van der Waals surface area contributed by atoms with Crippen molar-refractivity contribution in [3.8, 4) is 0 Å². The van der Waals surface area contributed by atoms with Gasteiger partial charge in [0.1, 0.15) is 11.4 Å². The summed E-state index contributed by atoms with van der Waals surface area (Å²) < 4.78 is 58.6. The van der Waals surface area contributed by atoms with Gasteiger partial charge in [0.15, 0.2) is 5.76 Å². The predicted molar refractivity (Wildman–Crippen MR) is 151 cm³/mol. The van der Waals surface area contributed by atoms with Crippen LogP contribution in [0.5, 0.6) is 0 Å². The zero-order valence-corrected chi connectivity index (χ0v) is 23.8. The molecule has 0 spiro atoms. The summed E-state index contributed by atoms with van der Waals surface area (Å²) in [5.41, 5.74) is 2.93. The number of fused-ring (bicyclic) bond motifs is 1. The van der Waals surface area contributed by atoms with E-state index in [-0.39, 0.29) is 39.2 Å². The lowest BCUT2D eigenvalue weighted by Gasteiger charge is -2.28. The van der Waals surface area contributed by atoms with Crippen LogP contribution in [0.1, 0.15) is 32.9 Å². The second kappa shape index (κ2) is 11.1. The molecular formula is C27H24ClN4O6S2-. The van der Waals surface area contributed by atoms with Crippen molar-refractivity contribution in [2.45, 2.75) is 31.7 Å². The third kappa shape index (κ3) is 5.40. The lowest BCUT2D eigenvalue weighted by molar-refractivity contribution is 0.102. The van der Waals surface area contributed by atoms with Gasteiger partial charge in [-0.15, -0.1) is 0 Å². The maximum absolute atomic E-state index is 13.3. The van der Waals surface area contributed by atoms with Gasteiger partial charge in [0.2, 0.25) is 10.0 Å². The largest absolute Gasteiger partial charge is 0.755 e. The van der Waals surface area contributed by atoms with Crippen LogP contribution in [-0.2, 0) is 34.3 Å². The Kier molecular flexibility index (Phi) is 7.80. The van der Waals surface area contributed by atoms with Gasteiger partial charge in [-0.05, 0) is 73.9 Å². The number of halogens is 1. The first-order valence-corrected chi connectivity index (χ1v) is 15.0. The number of nitrogens with one attached hydrogen (secondary N) is 1. The number of sulfonamides is 1. The van der Waals surface area contributed by atoms with Gasteiger partial charge in [0.05, 0.1) is 27.4 Å². The molecule has 13 heteroatoms. The highest BCUT2D eigenvalue weighted by Crippen LogP contribution is 2.36. The maximum Gasteiger partial charge on any atom is 0.257 e. The van der Waals surface area contributed by atoms with Crippen LogP contribution in [0.4, 0.5) is 17.1 Å². The minimum absolute atomic E-state index is 0.0274. The summed E-state index contributed by atoms with van der Waals surface area (Å²) in [7, 11) is -3.76. The molecule has 4 aromatic rings. The van der Waals surface area contributed by atoms with Gasteiger partial charge in [-0.1, -0.05) is 41.0 Å². The van der Waals surface area contributed by atoms with Crippen LogP contribution in [0.25, 0.3) is 0 Å². The molecule has 0 aliphatic carbocycles. The molecular weight excluding hydrogens is 576 g/mol. The Morgan fingerprint density at radius 1 is 1.10 bits per heavy atom. The number of hydrogen-bond donors (Lipinski definition) is 1. The third-order valence-electron chi connectivity index (χ3n) is 6.62. The van der Waals surface area contributed by atoms with Crippen LogP contribution >= 0.6 is 11.6 Å². The Morgan fingerprint density at radius 2 is 1.80 bits per heavy atom. The number of aromatic nitrogens is 1. The van der Waals surface area contributed by atoms with E-state index in [1.165, 1.54) is 46.8 Å². The summed E-state index contributed by atoms with van der Waals surface area (Å²) in [6.45, 7) is 3.80. The Labute approximate surface area is 239 Å². The molecule has 1 aliphatic rings. The number of amides is 1. The Morgan fingerprint density at radius 3 is 2.45 bits per heavy atom. The normalized spacial score (nSPS) is 14.4. The summed E-state index contributed by atoms with van der Waals surface area (Å²) >= 11 is 3.33. The standard InChI is InChI=1S/C27H25ClN4O6S2/c1-17-26(18(2)38-30-17)32(39(34)35)25-12-7-21(28)15-24(25)27(33)29-22-8-10-23(11-9-22)40(36,37)31-14-13-19-5-3-4-6-20(19)16-31/h3-12,15H,13-14,16H2,1-2H3,(H,29,33)(H,34,35)/p-1. The van der Waals surface area contributed by atoms with Gasteiger partial charge in [-0.2, -0.15) is 4.31 Å². The average Bonchev–Trinajstić information content (AvgIpc) is 3.26. The quantitative estimate of drug-likeness (QED) is 0.299. The number of carbonyl (C=O) groups excluding carboxylic acids is 1. The molecule has 0 saturated carbocycles. The highest BCUT2D eigenvalue weighted by molar-refractivity contribution is 7.89. The first kappa shape index (κ1) is 28.0. The zero-order chi connectivity index (χ0) is 28.6. The van der Waals surface area contributed by atoms with Crippen molar-refractivity contribution in [1.82, 2.24) is 9.46 Å². The minimum Gasteiger partial charge on any atom is -0.755 e. The van der Waals surface area contributed by atoms with Crippen molar-refractivity contribution >= 4 is 55.9 Å². The monoisotopic (exact) mass is 599 g/mol. The van der Waals surface area contributed by atoms with Gasteiger partial charge in [-0.3, -0.25) is 13.3 Å². The van der Waals surface area contributed by atoms with E-state index in [4.69, 9.17) is 16.1 Å². The molecule has 0 fully saturated rings. The van der Waals surface area contributed by atoms with Crippen LogP contribution in [0.15, 0.2) is 76.1 Å². The highest BCUT2D eigenvalue weighted by atomic mass is 35.5. The lowest BCUT2D eigenvalue weighted by atomic mass is 10.0. The molecule has 40 heavy (non-hydrogen) atoms. The van der Waals surface area contributed by atoms with Crippen molar-refractivity contribution in [1.29, 1.82) is 0 Å². The molecule has 1 atom stereocenters. The molecule has 0 radical (unpaired) electrons. The van der Waals surface area contributed by atoms with Gasteiger partial charge in [0.25, 0.3) is 5.91 Å². The minimum atomic E-state index is -3.76. The van der Waals surface area contributed by atoms with E-state index in [0.717, 1.165) is 15.4 Å². The number of benzene rings is 3. The summed E-state index contributed by atoms with van der Waals surface area (Å²) in [6.07, 6.45) is 0.630. The van der Waals surface area contributed by atoms with Gasteiger partial charge < -0.3 is 14.4 Å². The van der Waals surface area contributed by atoms with Crippen LogP contribution in [0.3, 0.4) is 0 Å². The van der Waals surface area contributed by atoms with E-state index >= 15 is 0 Å². The van der Waals surface area contributed by atoms with Crippen molar-refractivity contribution in [2.75, 3.05) is 16.2 Å². The molecule has 0 saturated heterocycles. The maximum atomic E-state index is 13.3. The number of nitrogens with zero attached hydrogens (tertiary/aromatic N) is 3. The fourth-order valence-electron chi connectivity index (χ4n) is 4.64. The van der Waals surface area contributed by atoms with E-state index in [9.17, 15) is 22.0 Å². The smallest absolute Gasteiger partial charge is 0.257 e. The van der Waals surface area contributed by atoms with Gasteiger partial charge in [-0.25, -0.2) is 8.42 Å². The number of rotatable bonds is 7. The molecule has 10 nitrogen and oxygen atoms in total. The third-order valence-corrected chi connectivity index (χ3v) is 9.39. The number of anilines is 3. The second-order valence-electron chi connectivity index (χ2n) is 9.18. The predicted octanol–water partition coefficient (Wildman–Crippen LogP) is 4.88. The molecule has 1 unspecified atom stereocenters. The van der Waals surface area contributed by atoms with E-state index < -0.39 is 27.2 Å². The average molecular weight is 600 g/mol. The highest BCUT2D eigenvalue weighted by Gasteiger charge is 2.29. The van der Waals surface area contributed by atoms with Crippen molar-refractivity contribution in [3.63, 3.8) is 0 Å². The number of hydrogen-bond acceptors (Lipinski definition) is 7. The molecule has 1 aromatic heterocycles.